The van der Waals surface area contributed by atoms with Gasteiger partial charge in [0.05, 0.1) is 17.3 Å². The molecule has 0 saturated heterocycles. The predicted molar refractivity (Wildman–Crippen MR) is 88.8 cm³/mol. The van der Waals surface area contributed by atoms with Gasteiger partial charge in [0, 0.05) is 12.2 Å². The second-order valence-corrected chi connectivity index (χ2v) is 6.89. The van der Waals surface area contributed by atoms with Gasteiger partial charge in [0.2, 0.25) is 0 Å². The van der Waals surface area contributed by atoms with Gasteiger partial charge in [-0.15, -0.1) is 0 Å². The van der Waals surface area contributed by atoms with Crippen LogP contribution in [0.4, 0.5) is 5.69 Å². The van der Waals surface area contributed by atoms with Crippen molar-refractivity contribution in [2.45, 2.75) is 25.3 Å². The first kappa shape index (κ1) is 16.8. The van der Waals surface area contributed by atoms with E-state index in [0.29, 0.717) is 18.9 Å². The van der Waals surface area contributed by atoms with E-state index in [1.165, 1.54) is 6.07 Å². The number of para-hydroxylation sites is 1. The predicted octanol–water partition coefficient (Wildman–Crippen LogP) is 3.99. The molecule has 0 aliphatic heterocycles. The minimum absolute atomic E-state index is 0.0611. The van der Waals surface area contributed by atoms with Crippen LogP contribution in [0, 0.1) is 6.92 Å². The Morgan fingerprint density at radius 3 is 2.59 bits per heavy atom. The number of ether oxygens (including phenoxy) is 1. The number of anilines is 1. The second kappa shape index (κ2) is 7.13. The number of rotatable bonds is 6. The third-order valence-electron chi connectivity index (χ3n) is 3.10. The summed E-state index contributed by atoms with van der Waals surface area (Å²) in [5.74, 6) is 0. The maximum absolute atomic E-state index is 12.5. The van der Waals surface area contributed by atoms with Crippen LogP contribution in [0.3, 0.4) is 0 Å². The van der Waals surface area contributed by atoms with Crippen LogP contribution in [0.25, 0.3) is 0 Å². The fourth-order valence-corrected chi connectivity index (χ4v) is 3.68. The van der Waals surface area contributed by atoms with Crippen molar-refractivity contribution in [1.29, 1.82) is 0 Å². The summed E-state index contributed by atoms with van der Waals surface area (Å²) in [6, 6.07) is 12.0. The number of sulfonamides is 1. The molecule has 0 saturated carbocycles. The molecule has 0 aromatic heterocycles. The third kappa shape index (κ3) is 4.00. The summed E-state index contributed by atoms with van der Waals surface area (Å²) >= 11 is 6.06. The molecule has 22 heavy (non-hydrogen) atoms. The van der Waals surface area contributed by atoms with E-state index in [4.69, 9.17) is 16.3 Å². The molecule has 0 radical (unpaired) electrons. The van der Waals surface area contributed by atoms with E-state index in [-0.39, 0.29) is 9.92 Å². The third-order valence-corrected chi connectivity index (χ3v) is 4.95. The number of hydrogen-bond donors (Lipinski definition) is 1. The van der Waals surface area contributed by atoms with Crippen molar-refractivity contribution >= 4 is 27.3 Å². The van der Waals surface area contributed by atoms with Crippen molar-refractivity contribution in [1.82, 2.24) is 0 Å². The number of benzene rings is 2. The summed E-state index contributed by atoms with van der Waals surface area (Å²) in [6.45, 7) is 4.65. The molecular formula is C16H18ClNO3S. The maximum Gasteiger partial charge on any atom is 0.263 e. The SMILES string of the molecule is CCOCc1ccccc1NS(=O)(=O)c1ccc(C)cc1Cl. The molecule has 0 spiro atoms. The average molecular weight is 340 g/mol. The molecular weight excluding hydrogens is 322 g/mol. The highest BCUT2D eigenvalue weighted by atomic mass is 35.5. The number of hydrogen-bond acceptors (Lipinski definition) is 3. The number of halogens is 1. The zero-order valence-corrected chi connectivity index (χ0v) is 14.0. The average Bonchev–Trinajstić information content (AvgIpc) is 2.45. The van der Waals surface area contributed by atoms with E-state index in [1.54, 1.807) is 24.3 Å². The molecule has 0 unspecified atom stereocenters. The Hall–Kier alpha value is -1.56. The summed E-state index contributed by atoms with van der Waals surface area (Å²) in [4.78, 5) is 0.0611. The van der Waals surface area contributed by atoms with Crippen LogP contribution < -0.4 is 4.72 Å². The molecule has 0 bridgehead atoms. The standard InChI is InChI=1S/C16H18ClNO3S/c1-3-21-11-13-6-4-5-7-15(13)18-22(19,20)16-9-8-12(2)10-14(16)17/h4-10,18H,3,11H2,1-2H3. The maximum atomic E-state index is 12.5. The van der Waals surface area contributed by atoms with Gasteiger partial charge in [-0.25, -0.2) is 8.42 Å². The zero-order chi connectivity index (χ0) is 16.2. The van der Waals surface area contributed by atoms with E-state index in [2.05, 4.69) is 4.72 Å². The van der Waals surface area contributed by atoms with Crippen LogP contribution in [0.15, 0.2) is 47.4 Å². The Balaban J connectivity index is 2.33. The molecule has 0 fully saturated rings. The molecule has 6 heteroatoms. The first-order valence-electron chi connectivity index (χ1n) is 6.88. The second-order valence-electron chi connectivity index (χ2n) is 4.83. The van der Waals surface area contributed by atoms with E-state index in [9.17, 15) is 8.42 Å². The Morgan fingerprint density at radius 2 is 1.91 bits per heavy atom. The van der Waals surface area contributed by atoms with Gasteiger partial charge in [0.15, 0.2) is 0 Å². The Labute approximate surface area is 136 Å². The molecule has 0 atom stereocenters. The lowest BCUT2D eigenvalue weighted by molar-refractivity contribution is 0.134. The molecule has 118 valence electrons. The molecule has 1 N–H and O–H groups in total. The van der Waals surface area contributed by atoms with Crippen LogP contribution in [0.5, 0.6) is 0 Å². The Bertz CT molecular complexity index is 760. The molecule has 2 aromatic rings. The summed E-state index contributed by atoms with van der Waals surface area (Å²) < 4.78 is 33.0. The van der Waals surface area contributed by atoms with E-state index < -0.39 is 10.0 Å². The van der Waals surface area contributed by atoms with Gasteiger partial charge in [-0.05, 0) is 37.6 Å². The normalized spacial score (nSPS) is 11.4. The zero-order valence-electron chi connectivity index (χ0n) is 12.5. The lowest BCUT2D eigenvalue weighted by atomic mass is 10.2. The number of nitrogens with one attached hydrogen (secondary N) is 1. The smallest absolute Gasteiger partial charge is 0.263 e. The minimum Gasteiger partial charge on any atom is -0.377 e. The lowest BCUT2D eigenvalue weighted by Gasteiger charge is -2.13. The lowest BCUT2D eigenvalue weighted by Crippen LogP contribution is -2.15. The summed E-state index contributed by atoms with van der Waals surface area (Å²) in [5.41, 5.74) is 2.17. The highest BCUT2D eigenvalue weighted by Crippen LogP contribution is 2.26. The summed E-state index contributed by atoms with van der Waals surface area (Å²) in [7, 11) is -3.75. The van der Waals surface area contributed by atoms with Gasteiger partial charge >= 0.3 is 0 Å². The van der Waals surface area contributed by atoms with Crippen molar-refractivity contribution in [3.8, 4) is 0 Å². The highest BCUT2D eigenvalue weighted by molar-refractivity contribution is 7.92. The molecule has 0 aliphatic rings. The van der Waals surface area contributed by atoms with Gasteiger partial charge in [0.25, 0.3) is 10.0 Å². The van der Waals surface area contributed by atoms with Crippen LogP contribution in [-0.2, 0) is 21.4 Å². The van der Waals surface area contributed by atoms with Crippen molar-refractivity contribution in [2.75, 3.05) is 11.3 Å². The minimum atomic E-state index is -3.75. The van der Waals surface area contributed by atoms with Crippen molar-refractivity contribution < 1.29 is 13.2 Å². The van der Waals surface area contributed by atoms with Crippen molar-refractivity contribution in [3.63, 3.8) is 0 Å². The molecule has 0 heterocycles. The molecule has 0 amide bonds. The van der Waals surface area contributed by atoms with E-state index in [1.807, 2.05) is 26.0 Å². The van der Waals surface area contributed by atoms with E-state index >= 15 is 0 Å². The van der Waals surface area contributed by atoms with Gasteiger partial charge in [-0.1, -0.05) is 35.9 Å². The Morgan fingerprint density at radius 1 is 1.18 bits per heavy atom. The van der Waals surface area contributed by atoms with Gasteiger partial charge in [0.1, 0.15) is 4.90 Å². The highest BCUT2D eigenvalue weighted by Gasteiger charge is 2.19. The van der Waals surface area contributed by atoms with Crippen molar-refractivity contribution in [3.05, 3.63) is 58.6 Å². The van der Waals surface area contributed by atoms with Crippen LogP contribution in [-0.4, -0.2) is 15.0 Å². The first-order chi connectivity index (χ1) is 10.4. The molecule has 4 nitrogen and oxygen atoms in total. The number of aryl methyl sites for hydroxylation is 1. The van der Waals surface area contributed by atoms with Gasteiger partial charge in [-0.2, -0.15) is 0 Å². The van der Waals surface area contributed by atoms with Crippen molar-refractivity contribution in [2.24, 2.45) is 0 Å². The Kier molecular flexibility index (Phi) is 5.45. The van der Waals surface area contributed by atoms with Crippen LogP contribution in [0.1, 0.15) is 18.1 Å². The summed E-state index contributed by atoms with van der Waals surface area (Å²) in [6.07, 6.45) is 0. The van der Waals surface area contributed by atoms with Crippen LogP contribution in [0.2, 0.25) is 5.02 Å². The fraction of sp³-hybridized carbons (Fsp3) is 0.250. The van der Waals surface area contributed by atoms with Gasteiger partial charge < -0.3 is 4.74 Å². The molecule has 0 aliphatic carbocycles. The van der Waals surface area contributed by atoms with E-state index in [0.717, 1.165) is 11.1 Å². The first-order valence-corrected chi connectivity index (χ1v) is 8.75. The fourth-order valence-electron chi connectivity index (χ4n) is 1.98. The van der Waals surface area contributed by atoms with Crippen LogP contribution >= 0.6 is 11.6 Å². The topological polar surface area (TPSA) is 55.4 Å². The quantitative estimate of drug-likeness (QED) is 0.865. The molecule has 2 rings (SSSR count). The van der Waals surface area contributed by atoms with Gasteiger partial charge in [-0.3, -0.25) is 4.72 Å². The summed E-state index contributed by atoms with van der Waals surface area (Å²) in [5, 5.41) is 0.204. The molecule has 2 aromatic carbocycles. The monoisotopic (exact) mass is 339 g/mol. The largest absolute Gasteiger partial charge is 0.377 e.